The van der Waals surface area contributed by atoms with Gasteiger partial charge in [0.15, 0.2) is 6.29 Å². The van der Waals surface area contributed by atoms with Gasteiger partial charge in [-0.3, -0.25) is 4.79 Å². The molecule has 2 aliphatic rings. The summed E-state index contributed by atoms with van der Waals surface area (Å²) in [5, 5.41) is 38.6. The predicted molar refractivity (Wildman–Crippen MR) is 76.4 cm³/mol. The Morgan fingerprint density at radius 1 is 1.21 bits per heavy atom. The maximum atomic E-state index is 11.8. The van der Waals surface area contributed by atoms with Gasteiger partial charge in [0, 0.05) is 19.9 Å². The van der Waals surface area contributed by atoms with E-state index in [0.717, 1.165) is 0 Å². The Morgan fingerprint density at radius 3 is 2.42 bits per heavy atom. The van der Waals surface area contributed by atoms with Gasteiger partial charge in [-0.15, -0.1) is 0 Å². The molecule has 2 rings (SSSR count). The van der Waals surface area contributed by atoms with Crippen LogP contribution in [0, 0.1) is 0 Å². The fourth-order valence-corrected chi connectivity index (χ4v) is 2.97. The molecule has 0 unspecified atom stereocenters. The lowest BCUT2D eigenvalue weighted by atomic mass is 9.99. The lowest BCUT2D eigenvalue weighted by Crippen LogP contribution is -2.59. The molecule has 2 fully saturated rings. The molecule has 0 spiro atoms. The van der Waals surface area contributed by atoms with Gasteiger partial charge in [0.25, 0.3) is 0 Å². The topological polar surface area (TPSA) is 146 Å². The van der Waals surface area contributed by atoms with Crippen molar-refractivity contribution in [2.45, 2.75) is 56.2 Å². The number of rotatable bonds is 4. The van der Waals surface area contributed by atoms with E-state index in [1.807, 2.05) is 0 Å². The second-order valence-corrected chi connectivity index (χ2v) is 5.90. The zero-order chi connectivity index (χ0) is 18.0. The van der Waals surface area contributed by atoms with Crippen LogP contribution in [0.3, 0.4) is 0 Å². The van der Waals surface area contributed by atoms with Crippen LogP contribution in [-0.2, 0) is 23.8 Å². The molecule has 10 heteroatoms. The van der Waals surface area contributed by atoms with Crippen molar-refractivity contribution in [3.05, 3.63) is 0 Å². The van der Waals surface area contributed by atoms with Crippen molar-refractivity contribution in [2.24, 2.45) is 0 Å². The quantitative estimate of drug-likeness (QED) is 0.389. The lowest BCUT2D eigenvalue weighted by Gasteiger charge is -2.40. The van der Waals surface area contributed by atoms with E-state index in [-0.39, 0.29) is 18.9 Å². The maximum absolute atomic E-state index is 11.8. The van der Waals surface area contributed by atoms with E-state index >= 15 is 0 Å². The van der Waals surface area contributed by atoms with Gasteiger partial charge in [-0.25, -0.2) is 4.79 Å². The molecule has 0 aromatic heterocycles. The SMILES string of the molecule is COC(=O)[C@@H]1C[C@H](O[C@H]2O[C@H](CO)[C@H](O)[C@H](O)[C@H]2O)CN1C(C)=O. The number of carbonyl (C=O) groups is 2. The number of esters is 1. The molecule has 4 N–H and O–H groups in total. The first-order chi connectivity index (χ1) is 11.3. The van der Waals surface area contributed by atoms with Crippen LogP contribution in [0.4, 0.5) is 0 Å². The maximum Gasteiger partial charge on any atom is 0.328 e. The number of carbonyl (C=O) groups excluding carboxylic acids is 2. The van der Waals surface area contributed by atoms with Crippen molar-refractivity contribution in [1.29, 1.82) is 0 Å². The fourth-order valence-electron chi connectivity index (χ4n) is 2.97. The Kier molecular flexibility index (Phi) is 6.12. The number of aliphatic hydroxyl groups is 4. The van der Waals surface area contributed by atoms with Gasteiger partial charge in [0.2, 0.25) is 5.91 Å². The number of aliphatic hydroxyl groups excluding tert-OH is 4. The number of hydrogen-bond acceptors (Lipinski definition) is 9. The number of methoxy groups -OCH3 is 1. The normalized spacial score (nSPS) is 39.8. The third-order valence-electron chi connectivity index (χ3n) is 4.32. The second-order valence-electron chi connectivity index (χ2n) is 5.90. The highest BCUT2D eigenvalue weighted by atomic mass is 16.7. The van der Waals surface area contributed by atoms with Crippen molar-refractivity contribution in [1.82, 2.24) is 4.90 Å². The summed E-state index contributed by atoms with van der Waals surface area (Å²) in [6, 6.07) is -0.803. The van der Waals surface area contributed by atoms with Crippen molar-refractivity contribution >= 4 is 11.9 Å². The van der Waals surface area contributed by atoms with Crippen LogP contribution in [-0.4, -0.2) is 100 Å². The Bertz CT molecular complexity index is 471. The van der Waals surface area contributed by atoms with Gasteiger partial charge in [-0.05, 0) is 0 Å². The zero-order valence-corrected chi connectivity index (χ0v) is 13.4. The lowest BCUT2D eigenvalue weighted by molar-refractivity contribution is -0.310. The summed E-state index contributed by atoms with van der Waals surface area (Å²) in [4.78, 5) is 24.7. The van der Waals surface area contributed by atoms with Crippen LogP contribution >= 0.6 is 0 Å². The highest BCUT2D eigenvalue weighted by molar-refractivity contribution is 5.84. The molecule has 2 heterocycles. The van der Waals surface area contributed by atoms with E-state index in [1.54, 1.807) is 0 Å². The Labute approximate surface area is 138 Å². The predicted octanol–water partition coefficient (Wildman–Crippen LogP) is -3.03. The average Bonchev–Trinajstić information content (AvgIpc) is 2.98. The molecule has 0 bridgehead atoms. The molecule has 24 heavy (non-hydrogen) atoms. The minimum absolute atomic E-state index is 0.0874. The summed E-state index contributed by atoms with van der Waals surface area (Å²) in [6.07, 6.45) is -7.47. The molecule has 0 radical (unpaired) electrons. The van der Waals surface area contributed by atoms with Crippen molar-refractivity contribution < 1.29 is 44.2 Å². The largest absolute Gasteiger partial charge is 0.467 e. The summed E-state index contributed by atoms with van der Waals surface area (Å²) in [5.41, 5.74) is 0. The van der Waals surface area contributed by atoms with E-state index in [9.17, 15) is 24.9 Å². The fraction of sp³-hybridized carbons (Fsp3) is 0.857. The molecule has 7 atom stereocenters. The first-order valence-electron chi connectivity index (χ1n) is 7.61. The Hall–Kier alpha value is -1.30. The third-order valence-corrected chi connectivity index (χ3v) is 4.32. The van der Waals surface area contributed by atoms with Gasteiger partial charge in [0.1, 0.15) is 30.5 Å². The van der Waals surface area contributed by atoms with Gasteiger partial charge in [-0.1, -0.05) is 0 Å². The highest BCUT2D eigenvalue weighted by Crippen LogP contribution is 2.27. The van der Waals surface area contributed by atoms with E-state index in [0.29, 0.717) is 0 Å². The Balaban J connectivity index is 2.05. The smallest absolute Gasteiger partial charge is 0.328 e. The zero-order valence-electron chi connectivity index (χ0n) is 13.4. The van der Waals surface area contributed by atoms with Gasteiger partial charge in [-0.2, -0.15) is 0 Å². The van der Waals surface area contributed by atoms with Gasteiger partial charge < -0.3 is 39.5 Å². The third kappa shape index (κ3) is 3.68. The minimum Gasteiger partial charge on any atom is -0.467 e. The Morgan fingerprint density at radius 2 is 1.88 bits per heavy atom. The molecular weight excluding hydrogens is 326 g/mol. The molecule has 2 aliphatic heterocycles. The van der Waals surface area contributed by atoms with Gasteiger partial charge in [0.05, 0.1) is 19.8 Å². The summed E-state index contributed by atoms with van der Waals surface area (Å²) in [7, 11) is 1.21. The molecule has 0 aromatic carbocycles. The number of nitrogens with zero attached hydrogens (tertiary/aromatic N) is 1. The first kappa shape index (κ1) is 19.0. The molecule has 0 aliphatic carbocycles. The number of hydrogen-bond donors (Lipinski definition) is 4. The molecule has 0 saturated carbocycles. The number of amides is 1. The first-order valence-corrected chi connectivity index (χ1v) is 7.61. The molecule has 2 saturated heterocycles. The molecule has 10 nitrogen and oxygen atoms in total. The van der Waals surface area contributed by atoms with E-state index in [2.05, 4.69) is 4.74 Å². The monoisotopic (exact) mass is 349 g/mol. The van der Waals surface area contributed by atoms with Crippen molar-refractivity contribution in [2.75, 3.05) is 20.3 Å². The number of likely N-dealkylation sites (tertiary alicyclic amines) is 1. The van der Waals surface area contributed by atoms with E-state index in [4.69, 9.17) is 14.6 Å². The van der Waals surface area contributed by atoms with Crippen LogP contribution in [0.2, 0.25) is 0 Å². The van der Waals surface area contributed by atoms with E-state index in [1.165, 1.54) is 18.9 Å². The standard InChI is InChI=1S/C14H23NO9/c1-6(17)15-4-7(3-8(15)13(21)22-2)23-14-12(20)11(19)10(18)9(5-16)24-14/h7-12,14,16,18-20H,3-5H2,1-2H3/t7-,8-,9+,10-,11-,12+,14-/m0/s1. The van der Waals surface area contributed by atoms with Crippen LogP contribution in [0.1, 0.15) is 13.3 Å². The summed E-state index contributed by atoms with van der Waals surface area (Å²) >= 11 is 0. The van der Waals surface area contributed by atoms with Gasteiger partial charge >= 0.3 is 5.97 Å². The molecule has 138 valence electrons. The minimum atomic E-state index is -1.55. The van der Waals surface area contributed by atoms with Crippen molar-refractivity contribution in [3.63, 3.8) is 0 Å². The van der Waals surface area contributed by atoms with Crippen LogP contribution < -0.4 is 0 Å². The molecule has 0 aromatic rings. The van der Waals surface area contributed by atoms with Crippen LogP contribution in [0.15, 0.2) is 0 Å². The second kappa shape index (κ2) is 7.72. The van der Waals surface area contributed by atoms with Crippen LogP contribution in [0.25, 0.3) is 0 Å². The average molecular weight is 349 g/mol. The molecule has 1 amide bonds. The van der Waals surface area contributed by atoms with Crippen molar-refractivity contribution in [3.8, 4) is 0 Å². The summed E-state index contributed by atoms with van der Waals surface area (Å²) in [6.45, 7) is 0.829. The van der Waals surface area contributed by atoms with E-state index < -0.39 is 55.4 Å². The number of ether oxygens (including phenoxy) is 3. The summed E-state index contributed by atoms with van der Waals surface area (Å²) in [5.74, 6) is -0.907. The van der Waals surface area contributed by atoms with Crippen LogP contribution in [0.5, 0.6) is 0 Å². The highest BCUT2D eigenvalue weighted by Gasteiger charge is 2.47. The molecular formula is C14H23NO9. The summed E-state index contributed by atoms with van der Waals surface area (Å²) < 4.78 is 15.5.